The maximum atomic E-state index is 9.39. The molecule has 0 heterocycles. The molecule has 0 spiro atoms. The van der Waals surface area contributed by atoms with E-state index in [2.05, 4.69) is 12.1 Å². The second-order valence-electron chi connectivity index (χ2n) is 6.58. The van der Waals surface area contributed by atoms with Gasteiger partial charge in [-0.1, -0.05) is 0 Å². The predicted octanol–water partition coefficient (Wildman–Crippen LogP) is 2.76. The molecule has 0 amide bonds. The number of nitrogens with zero attached hydrogens (tertiary/aromatic N) is 4. The van der Waals surface area contributed by atoms with Gasteiger partial charge in [-0.3, -0.25) is 4.84 Å². The van der Waals surface area contributed by atoms with Crippen molar-refractivity contribution < 1.29 is 4.84 Å². The smallest absolute Gasteiger partial charge is 0.170 e. The lowest BCUT2D eigenvalue weighted by molar-refractivity contribution is -0.278. The number of nitriles is 3. The van der Waals surface area contributed by atoms with Gasteiger partial charge in [0.2, 0.25) is 0 Å². The van der Waals surface area contributed by atoms with Crippen LogP contribution in [-0.4, -0.2) is 22.2 Å². The van der Waals surface area contributed by atoms with Crippen molar-refractivity contribution in [3.63, 3.8) is 0 Å². The molecule has 19 heavy (non-hydrogen) atoms. The monoisotopic (exact) mass is 262 g/mol. The maximum Gasteiger partial charge on any atom is 0.170 e. The highest BCUT2D eigenvalue weighted by molar-refractivity contribution is 5.11. The van der Waals surface area contributed by atoms with Crippen molar-refractivity contribution >= 4 is 0 Å². The normalized spacial score (nSPS) is 14.4. The zero-order chi connectivity index (χ0) is 15.5. The van der Waals surface area contributed by atoms with E-state index in [0.717, 1.165) is 0 Å². The van der Waals surface area contributed by atoms with Crippen LogP contribution in [0.4, 0.5) is 0 Å². The van der Waals surface area contributed by atoms with Crippen LogP contribution in [0.1, 0.15) is 48.5 Å². The van der Waals surface area contributed by atoms with Gasteiger partial charge in [0.05, 0.1) is 23.6 Å². The Hall–Kier alpha value is -1.61. The molecule has 5 nitrogen and oxygen atoms in total. The highest BCUT2D eigenvalue weighted by Gasteiger charge is 2.43. The van der Waals surface area contributed by atoms with Crippen LogP contribution in [0.25, 0.3) is 0 Å². The van der Waals surface area contributed by atoms with Gasteiger partial charge in [-0.2, -0.15) is 20.8 Å². The summed E-state index contributed by atoms with van der Waals surface area (Å²) in [6.45, 7) is 12.2. The summed E-state index contributed by atoms with van der Waals surface area (Å²) in [5.41, 5.74) is -2.48. The van der Waals surface area contributed by atoms with Crippen LogP contribution in [0, 0.1) is 39.4 Å². The topological polar surface area (TPSA) is 83.8 Å². The van der Waals surface area contributed by atoms with Crippen molar-refractivity contribution in [1.82, 2.24) is 5.06 Å². The Bertz CT molecular complexity index is 440. The molecule has 0 aliphatic carbocycles. The Labute approximate surface area is 115 Å². The molecule has 1 unspecified atom stereocenters. The minimum atomic E-state index is -1.06. The largest absolute Gasteiger partial charge is 0.276 e. The molecule has 0 aliphatic heterocycles. The summed E-state index contributed by atoms with van der Waals surface area (Å²) in [6, 6.07) is 5.50. The molecular weight excluding hydrogens is 240 g/mol. The van der Waals surface area contributed by atoms with Crippen molar-refractivity contribution in [3.05, 3.63) is 0 Å². The predicted molar refractivity (Wildman–Crippen MR) is 71.2 cm³/mol. The SMILES string of the molecule is CC(C)(C#N)ON(C(C#N)C(C)(C)C#N)C(C)(C)C. The van der Waals surface area contributed by atoms with Gasteiger partial charge in [-0.05, 0) is 48.5 Å². The summed E-state index contributed by atoms with van der Waals surface area (Å²) in [5.74, 6) is 0. The summed E-state index contributed by atoms with van der Waals surface area (Å²) in [5, 5.41) is 29.1. The number of hydrogen-bond donors (Lipinski definition) is 0. The fourth-order valence-electron chi connectivity index (χ4n) is 1.41. The second kappa shape index (κ2) is 5.57. The summed E-state index contributed by atoms with van der Waals surface area (Å²) in [6.07, 6.45) is 0. The lowest BCUT2D eigenvalue weighted by atomic mass is 9.85. The average molecular weight is 262 g/mol. The van der Waals surface area contributed by atoms with E-state index >= 15 is 0 Å². The first kappa shape index (κ1) is 17.4. The van der Waals surface area contributed by atoms with Gasteiger partial charge >= 0.3 is 0 Å². The van der Waals surface area contributed by atoms with E-state index < -0.39 is 22.6 Å². The zero-order valence-corrected chi connectivity index (χ0v) is 12.8. The summed E-state index contributed by atoms with van der Waals surface area (Å²) in [4.78, 5) is 5.69. The number of rotatable bonds is 4. The van der Waals surface area contributed by atoms with Crippen LogP contribution in [0.3, 0.4) is 0 Å². The van der Waals surface area contributed by atoms with Crippen LogP contribution >= 0.6 is 0 Å². The van der Waals surface area contributed by atoms with Crippen LogP contribution in [0.15, 0.2) is 0 Å². The lowest BCUT2D eigenvalue weighted by Crippen LogP contribution is -2.55. The summed E-state index contributed by atoms with van der Waals surface area (Å²) >= 11 is 0. The van der Waals surface area contributed by atoms with Crippen molar-refractivity contribution in [1.29, 1.82) is 15.8 Å². The third-order valence-corrected chi connectivity index (χ3v) is 2.59. The molecule has 0 bridgehead atoms. The molecule has 0 aromatic carbocycles. The quantitative estimate of drug-likeness (QED) is 0.727. The summed E-state index contributed by atoms with van der Waals surface area (Å²) in [7, 11) is 0. The van der Waals surface area contributed by atoms with E-state index in [-0.39, 0.29) is 0 Å². The molecule has 0 aromatic rings. The van der Waals surface area contributed by atoms with Gasteiger partial charge in [0.1, 0.15) is 6.04 Å². The first-order valence-electron chi connectivity index (χ1n) is 6.12. The van der Waals surface area contributed by atoms with Gasteiger partial charge in [0.25, 0.3) is 0 Å². The molecule has 0 fully saturated rings. The fourth-order valence-corrected chi connectivity index (χ4v) is 1.41. The van der Waals surface area contributed by atoms with E-state index in [0.29, 0.717) is 0 Å². The Morgan fingerprint density at radius 1 is 0.895 bits per heavy atom. The van der Waals surface area contributed by atoms with Crippen molar-refractivity contribution in [2.24, 2.45) is 5.41 Å². The van der Waals surface area contributed by atoms with Crippen LogP contribution in [0.2, 0.25) is 0 Å². The van der Waals surface area contributed by atoms with E-state index in [1.54, 1.807) is 27.7 Å². The standard InChI is InChI=1S/C14H22N4O/c1-12(2,3)18(19-14(6,7)10-17)11(8-15)13(4,5)9-16/h11H,1-7H3. The third kappa shape index (κ3) is 4.52. The first-order chi connectivity index (χ1) is 8.41. The molecule has 0 rings (SSSR count). The Kier molecular flexibility index (Phi) is 5.10. The molecular formula is C14H22N4O. The molecule has 0 aromatic heterocycles. The van der Waals surface area contributed by atoms with Gasteiger partial charge in [0.15, 0.2) is 5.60 Å². The molecule has 0 aliphatic rings. The highest BCUT2D eigenvalue weighted by atomic mass is 16.7. The zero-order valence-electron chi connectivity index (χ0n) is 12.8. The minimum Gasteiger partial charge on any atom is -0.276 e. The van der Waals surface area contributed by atoms with Crippen LogP contribution < -0.4 is 0 Å². The van der Waals surface area contributed by atoms with Crippen molar-refractivity contribution in [3.8, 4) is 18.2 Å². The van der Waals surface area contributed by atoms with Gasteiger partial charge in [0, 0.05) is 5.54 Å². The molecule has 104 valence electrons. The van der Waals surface area contributed by atoms with Crippen LogP contribution in [-0.2, 0) is 4.84 Å². The summed E-state index contributed by atoms with van der Waals surface area (Å²) < 4.78 is 0. The van der Waals surface area contributed by atoms with Gasteiger partial charge in [-0.25, -0.2) is 0 Å². The Morgan fingerprint density at radius 2 is 1.37 bits per heavy atom. The van der Waals surface area contributed by atoms with E-state index in [4.69, 9.17) is 10.1 Å². The van der Waals surface area contributed by atoms with Gasteiger partial charge < -0.3 is 0 Å². The van der Waals surface area contributed by atoms with Crippen molar-refractivity contribution in [2.75, 3.05) is 0 Å². The van der Waals surface area contributed by atoms with Gasteiger partial charge in [-0.15, -0.1) is 0 Å². The molecule has 0 saturated heterocycles. The number of hydroxylamine groups is 2. The lowest BCUT2D eigenvalue weighted by Gasteiger charge is -2.43. The second-order valence-corrected chi connectivity index (χ2v) is 6.58. The maximum absolute atomic E-state index is 9.39. The van der Waals surface area contributed by atoms with E-state index in [9.17, 15) is 10.5 Å². The molecule has 0 saturated carbocycles. The Balaban J connectivity index is 5.60. The number of hydrogen-bond acceptors (Lipinski definition) is 5. The minimum absolute atomic E-state index is 0.511. The highest BCUT2D eigenvalue weighted by Crippen LogP contribution is 2.31. The van der Waals surface area contributed by atoms with E-state index in [1.807, 2.05) is 26.8 Å². The third-order valence-electron chi connectivity index (χ3n) is 2.59. The van der Waals surface area contributed by atoms with Crippen molar-refractivity contribution in [2.45, 2.75) is 65.6 Å². The average Bonchev–Trinajstić information content (AvgIpc) is 2.27. The van der Waals surface area contributed by atoms with E-state index in [1.165, 1.54) is 5.06 Å². The first-order valence-corrected chi connectivity index (χ1v) is 6.12. The molecule has 1 atom stereocenters. The molecule has 0 N–H and O–H groups in total. The Morgan fingerprint density at radius 3 is 1.63 bits per heavy atom. The molecule has 0 radical (unpaired) electrons. The fraction of sp³-hybridized carbons (Fsp3) is 0.786. The molecule has 5 heteroatoms. The van der Waals surface area contributed by atoms with Crippen LogP contribution in [0.5, 0.6) is 0 Å².